The quantitative estimate of drug-likeness (QED) is 0.862. The van der Waals surface area contributed by atoms with E-state index < -0.39 is 11.9 Å². The number of anilines is 1. The topological polar surface area (TPSA) is 62.7 Å². The van der Waals surface area contributed by atoms with Crippen LogP contribution in [0.3, 0.4) is 0 Å². The molecule has 2 rings (SSSR count). The lowest BCUT2D eigenvalue weighted by Crippen LogP contribution is -2.36. The molecule has 2 heterocycles. The number of ether oxygens (including phenoxy) is 1. The van der Waals surface area contributed by atoms with Gasteiger partial charge in [-0.15, -0.1) is 11.3 Å². The molecule has 1 N–H and O–H groups in total. The molecule has 16 heavy (non-hydrogen) atoms. The number of nitrogens with zero attached hydrogens (tertiary/aromatic N) is 2. The van der Waals surface area contributed by atoms with Crippen LogP contribution in [0.4, 0.5) is 5.13 Å². The number of hydrogen-bond donors (Lipinski definition) is 1. The molecule has 0 aromatic carbocycles. The molecule has 88 valence electrons. The molecular weight excluding hydrogens is 228 g/mol. The van der Waals surface area contributed by atoms with E-state index in [1.54, 1.807) is 13.1 Å². The summed E-state index contributed by atoms with van der Waals surface area (Å²) in [6.45, 7) is 4.76. The Morgan fingerprint density at radius 2 is 2.31 bits per heavy atom. The molecular formula is C10H14N2O3S. The third-order valence-electron chi connectivity index (χ3n) is 2.59. The smallest absolute Gasteiger partial charge is 0.311 e. The highest BCUT2D eigenvalue weighted by molar-refractivity contribution is 7.15. The van der Waals surface area contributed by atoms with Crippen LogP contribution in [-0.2, 0) is 9.53 Å². The number of aliphatic carboxylic acids is 1. The van der Waals surface area contributed by atoms with Crippen LogP contribution in [0.25, 0.3) is 0 Å². The van der Waals surface area contributed by atoms with E-state index in [1.807, 2.05) is 0 Å². The van der Waals surface area contributed by atoms with Crippen LogP contribution in [0, 0.1) is 0 Å². The summed E-state index contributed by atoms with van der Waals surface area (Å²) in [6.07, 6.45) is 1.66. The summed E-state index contributed by atoms with van der Waals surface area (Å²) >= 11 is 1.45. The predicted molar refractivity (Wildman–Crippen MR) is 61.2 cm³/mol. The van der Waals surface area contributed by atoms with E-state index in [4.69, 9.17) is 9.84 Å². The lowest BCUT2D eigenvalue weighted by molar-refractivity contribution is -0.138. The van der Waals surface area contributed by atoms with Crippen molar-refractivity contribution in [1.29, 1.82) is 0 Å². The van der Waals surface area contributed by atoms with Crippen molar-refractivity contribution >= 4 is 22.4 Å². The number of rotatable bonds is 3. The number of carboxylic acids is 1. The zero-order valence-corrected chi connectivity index (χ0v) is 9.87. The Labute approximate surface area is 97.7 Å². The zero-order chi connectivity index (χ0) is 11.5. The monoisotopic (exact) mass is 242 g/mol. The highest BCUT2D eigenvalue weighted by atomic mass is 32.1. The maximum Gasteiger partial charge on any atom is 0.311 e. The largest absolute Gasteiger partial charge is 0.481 e. The third-order valence-corrected chi connectivity index (χ3v) is 3.83. The highest BCUT2D eigenvalue weighted by Crippen LogP contribution is 2.28. The van der Waals surface area contributed by atoms with E-state index in [-0.39, 0.29) is 0 Å². The minimum Gasteiger partial charge on any atom is -0.481 e. The molecule has 0 bridgehead atoms. The molecule has 0 saturated carbocycles. The van der Waals surface area contributed by atoms with E-state index in [9.17, 15) is 4.79 Å². The van der Waals surface area contributed by atoms with Crippen molar-refractivity contribution < 1.29 is 14.6 Å². The first-order chi connectivity index (χ1) is 7.68. The number of hydrogen-bond acceptors (Lipinski definition) is 5. The molecule has 1 aromatic heterocycles. The SMILES string of the molecule is CC(C(=O)O)c1cnc(N2CCOCC2)s1. The van der Waals surface area contributed by atoms with E-state index in [2.05, 4.69) is 9.88 Å². The first-order valence-corrected chi connectivity index (χ1v) is 6.01. The van der Waals surface area contributed by atoms with Gasteiger partial charge < -0.3 is 14.7 Å². The maximum atomic E-state index is 10.8. The van der Waals surface area contributed by atoms with Gasteiger partial charge in [-0.05, 0) is 6.92 Å². The Hall–Kier alpha value is -1.14. The Balaban J connectivity index is 2.09. The molecule has 6 heteroatoms. The van der Waals surface area contributed by atoms with Gasteiger partial charge in [0.05, 0.1) is 19.1 Å². The van der Waals surface area contributed by atoms with Gasteiger partial charge in [-0.25, -0.2) is 4.98 Å². The molecule has 0 spiro atoms. The average molecular weight is 242 g/mol. The Kier molecular flexibility index (Phi) is 3.40. The van der Waals surface area contributed by atoms with Crippen molar-refractivity contribution in [2.75, 3.05) is 31.2 Å². The van der Waals surface area contributed by atoms with Gasteiger partial charge in [-0.1, -0.05) is 0 Å². The first-order valence-electron chi connectivity index (χ1n) is 5.19. The van der Waals surface area contributed by atoms with Crippen molar-refractivity contribution in [1.82, 2.24) is 4.98 Å². The fourth-order valence-electron chi connectivity index (χ4n) is 1.50. The minimum absolute atomic E-state index is 0.479. The van der Waals surface area contributed by atoms with E-state index >= 15 is 0 Å². The second kappa shape index (κ2) is 4.80. The Morgan fingerprint density at radius 3 is 2.94 bits per heavy atom. The van der Waals surface area contributed by atoms with Crippen molar-refractivity contribution in [3.8, 4) is 0 Å². The van der Waals surface area contributed by atoms with Gasteiger partial charge in [-0.3, -0.25) is 4.79 Å². The summed E-state index contributed by atoms with van der Waals surface area (Å²) in [7, 11) is 0. The van der Waals surface area contributed by atoms with Gasteiger partial charge in [0.15, 0.2) is 5.13 Å². The highest BCUT2D eigenvalue weighted by Gasteiger charge is 2.20. The Bertz CT molecular complexity index is 374. The zero-order valence-electron chi connectivity index (χ0n) is 9.05. The first kappa shape index (κ1) is 11.3. The molecule has 1 saturated heterocycles. The van der Waals surface area contributed by atoms with Crippen LogP contribution in [0.1, 0.15) is 17.7 Å². The van der Waals surface area contributed by atoms with Crippen molar-refractivity contribution in [3.63, 3.8) is 0 Å². The minimum atomic E-state index is -0.808. The summed E-state index contributed by atoms with van der Waals surface area (Å²) in [5, 5.41) is 9.80. The van der Waals surface area contributed by atoms with Crippen molar-refractivity contribution in [2.45, 2.75) is 12.8 Å². The maximum absolute atomic E-state index is 10.8. The van der Waals surface area contributed by atoms with Crippen LogP contribution in [0.2, 0.25) is 0 Å². The molecule has 0 radical (unpaired) electrons. The summed E-state index contributed by atoms with van der Waals surface area (Å²) in [5.41, 5.74) is 0. The summed E-state index contributed by atoms with van der Waals surface area (Å²) in [5.74, 6) is -1.29. The second-order valence-corrected chi connectivity index (χ2v) is 4.75. The van der Waals surface area contributed by atoms with Gasteiger partial charge in [0.25, 0.3) is 0 Å². The number of aromatic nitrogens is 1. The second-order valence-electron chi connectivity index (χ2n) is 3.70. The van der Waals surface area contributed by atoms with Crippen LogP contribution in [-0.4, -0.2) is 42.4 Å². The molecule has 0 amide bonds. The fraction of sp³-hybridized carbons (Fsp3) is 0.600. The normalized spacial score (nSPS) is 18.4. The molecule has 5 nitrogen and oxygen atoms in total. The number of morpholine rings is 1. The van der Waals surface area contributed by atoms with E-state index in [0.29, 0.717) is 13.2 Å². The lowest BCUT2D eigenvalue weighted by Gasteiger charge is -2.26. The van der Waals surface area contributed by atoms with Crippen LogP contribution < -0.4 is 4.90 Å². The van der Waals surface area contributed by atoms with Crippen LogP contribution >= 0.6 is 11.3 Å². The fourth-order valence-corrected chi connectivity index (χ4v) is 2.51. The van der Waals surface area contributed by atoms with Gasteiger partial charge in [-0.2, -0.15) is 0 Å². The number of carboxylic acid groups (broad SMARTS) is 1. The number of thiazole rings is 1. The lowest BCUT2D eigenvalue weighted by atomic mass is 10.2. The van der Waals surface area contributed by atoms with Gasteiger partial charge in [0, 0.05) is 24.2 Å². The summed E-state index contributed by atoms with van der Waals surface area (Å²) in [6, 6.07) is 0. The molecule has 1 unspecified atom stereocenters. The van der Waals surface area contributed by atoms with Gasteiger partial charge in [0.2, 0.25) is 0 Å². The molecule has 1 atom stereocenters. The molecule has 1 aliphatic rings. The number of carbonyl (C=O) groups is 1. The molecule has 1 aromatic rings. The average Bonchev–Trinajstić information content (AvgIpc) is 2.78. The van der Waals surface area contributed by atoms with Crippen molar-refractivity contribution in [3.05, 3.63) is 11.1 Å². The van der Waals surface area contributed by atoms with Crippen LogP contribution in [0.15, 0.2) is 6.20 Å². The third kappa shape index (κ3) is 2.33. The summed E-state index contributed by atoms with van der Waals surface area (Å²) in [4.78, 5) is 18.0. The molecule has 1 aliphatic heterocycles. The predicted octanol–water partition coefficient (Wildman–Crippen LogP) is 1.17. The van der Waals surface area contributed by atoms with Crippen molar-refractivity contribution in [2.24, 2.45) is 0 Å². The van der Waals surface area contributed by atoms with E-state index in [1.165, 1.54) is 11.3 Å². The Morgan fingerprint density at radius 1 is 1.62 bits per heavy atom. The van der Waals surface area contributed by atoms with Gasteiger partial charge >= 0.3 is 5.97 Å². The molecule has 1 fully saturated rings. The standard InChI is InChI=1S/C10H14N2O3S/c1-7(9(13)14)8-6-11-10(16-8)12-2-4-15-5-3-12/h6-7H,2-5H2,1H3,(H,13,14). The van der Waals surface area contributed by atoms with Gasteiger partial charge in [0.1, 0.15) is 0 Å². The van der Waals surface area contributed by atoms with E-state index in [0.717, 1.165) is 23.1 Å². The summed E-state index contributed by atoms with van der Waals surface area (Å²) < 4.78 is 5.25. The molecule has 0 aliphatic carbocycles. The van der Waals surface area contributed by atoms with Crippen LogP contribution in [0.5, 0.6) is 0 Å².